The lowest BCUT2D eigenvalue weighted by Gasteiger charge is -2.13. The van der Waals surface area contributed by atoms with Crippen molar-refractivity contribution in [2.75, 3.05) is 10.7 Å². The summed E-state index contributed by atoms with van der Waals surface area (Å²) in [7, 11) is 0. The number of nitrogen functional groups attached to an aromatic ring is 1. The Labute approximate surface area is 112 Å². The minimum Gasteiger partial charge on any atom is -0.366 e. The van der Waals surface area contributed by atoms with E-state index in [0.29, 0.717) is 12.4 Å². The largest absolute Gasteiger partial charge is 0.366 e. The van der Waals surface area contributed by atoms with E-state index in [9.17, 15) is 0 Å². The molecule has 6 heteroatoms. The second-order valence-electron chi connectivity index (χ2n) is 4.20. The van der Waals surface area contributed by atoms with E-state index in [4.69, 9.17) is 5.84 Å². The summed E-state index contributed by atoms with van der Waals surface area (Å²) in [6.45, 7) is 4.78. The minimum atomic E-state index is 0.655. The predicted molar refractivity (Wildman–Crippen MR) is 75.5 cm³/mol. The molecule has 2 aromatic rings. The van der Waals surface area contributed by atoms with Gasteiger partial charge in [-0.15, -0.1) is 0 Å². The molecule has 0 fully saturated rings. The third kappa shape index (κ3) is 2.97. The molecule has 0 unspecified atom stereocenters. The normalized spacial score (nSPS) is 10.3. The summed E-state index contributed by atoms with van der Waals surface area (Å²) in [4.78, 5) is 12.5. The van der Waals surface area contributed by atoms with E-state index < -0.39 is 0 Å². The predicted octanol–water partition coefficient (Wildman–Crippen LogP) is 1.64. The van der Waals surface area contributed by atoms with Gasteiger partial charge < -0.3 is 10.7 Å². The Bertz CT molecular complexity index is 555. The average molecular weight is 258 g/mol. The van der Waals surface area contributed by atoms with E-state index in [1.54, 1.807) is 6.20 Å². The van der Waals surface area contributed by atoms with Crippen LogP contribution in [0.5, 0.6) is 0 Å². The Balaban J connectivity index is 2.18. The average Bonchev–Trinajstić information content (AvgIpc) is 2.45. The SMILES string of the molecule is CCc1c(NN)ncnc1NCc1cnccc1C. The first kappa shape index (κ1) is 13.2. The van der Waals surface area contributed by atoms with Gasteiger partial charge in [-0.3, -0.25) is 4.98 Å². The first-order chi connectivity index (χ1) is 9.26. The first-order valence-corrected chi connectivity index (χ1v) is 6.20. The molecule has 0 radical (unpaired) electrons. The fourth-order valence-electron chi connectivity index (χ4n) is 1.88. The zero-order valence-corrected chi connectivity index (χ0v) is 11.1. The number of hydrogen-bond donors (Lipinski definition) is 3. The van der Waals surface area contributed by atoms with Crippen LogP contribution in [-0.2, 0) is 13.0 Å². The van der Waals surface area contributed by atoms with Gasteiger partial charge in [-0.1, -0.05) is 6.92 Å². The summed E-state index contributed by atoms with van der Waals surface area (Å²) in [5.41, 5.74) is 5.92. The fraction of sp³-hybridized carbons (Fsp3) is 0.308. The lowest BCUT2D eigenvalue weighted by atomic mass is 10.1. The van der Waals surface area contributed by atoms with Crippen molar-refractivity contribution >= 4 is 11.6 Å². The van der Waals surface area contributed by atoms with Crippen LogP contribution in [-0.4, -0.2) is 15.0 Å². The number of hydrogen-bond acceptors (Lipinski definition) is 6. The topological polar surface area (TPSA) is 88.8 Å². The highest BCUT2D eigenvalue weighted by Crippen LogP contribution is 2.20. The van der Waals surface area contributed by atoms with E-state index >= 15 is 0 Å². The first-order valence-electron chi connectivity index (χ1n) is 6.20. The van der Waals surface area contributed by atoms with Gasteiger partial charge in [0.2, 0.25) is 0 Å². The summed E-state index contributed by atoms with van der Waals surface area (Å²) in [5.74, 6) is 6.90. The van der Waals surface area contributed by atoms with Crippen molar-refractivity contribution in [3.05, 3.63) is 41.5 Å². The van der Waals surface area contributed by atoms with Gasteiger partial charge in [-0.2, -0.15) is 0 Å². The highest BCUT2D eigenvalue weighted by atomic mass is 15.3. The zero-order valence-electron chi connectivity index (χ0n) is 11.1. The van der Waals surface area contributed by atoms with Crippen molar-refractivity contribution in [3.8, 4) is 0 Å². The third-order valence-electron chi connectivity index (χ3n) is 3.03. The smallest absolute Gasteiger partial charge is 0.148 e. The maximum atomic E-state index is 5.45. The van der Waals surface area contributed by atoms with E-state index in [0.717, 1.165) is 23.4 Å². The van der Waals surface area contributed by atoms with Crippen molar-refractivity contribution in [2.24, 2.45) is 5.84 Å². The molecule has 0 aliphatic rings. The Morgan fingerprint density at radius 2 is 2.05 bits per heavy atom. The monoisotopic (exact) mass is 258 g/mol. The number of nitrogens with one attached hydrogen (secondary N) is 2. The number of pyridine rings is 1. The van der Waals surface area contributed by atoms with Crippen molar-refractivity contribution in [2.45, 2.75) is 26.8 Å². The van der Waals surface area contributed by atoms with Gasteiger partial charge in [0, 0.05) is 24.5 Å². The maximum absolute atomic E-state index is 5.45. The lowest BCUT2D eigenvalue weighted by Crippen LogP contribution is -2.14. The van der Waals surface area contributed by atoms with Crippen LogP contribution in [0.1, 0.15) is 23.6 Å². The molecule has 0 amide bonds. The van der Waals surface area contributed by atoms with Gasteiger partial charge in [0.15, 0.2) is 0 Å². The molecule has 2 rings (SSSR count). The molecule has 4 N–H and O–H groups in total. The maximum Gasteiger partial charge on any atom is 0.148 e. The summed E-state index contributed by atoms with van der Waals surface area (Å²) in [6, 6.07) is 1.99. The van der Waals surface area contributed by atoms with Crippen LogP contribution < -0.4 is 16.6 Å². The number of nitrogens with zero attached hydrogens (tertiary/aromatic N) is 3. The minimum absolute atomic E-state index is 0.655. The quantitative estimate of drug-likeness (QED) is 0.558. The van der Waals surface area contributed by atoms with E-state index in [1.807, 2.05) is 19.2 Å². The molecule has 6 nitrogen and oxygen atoms in total. The van der Waals surface area contributed by atoms with Crippen molar-refractivity contribution < 1.29 is 0 Å². The van der Waals surface area contributed by atoms with Gasteiger partial charge >= 0.3 is 0 Å². The standard InChI is InChI=1S/C13H18N6/c1-3-11-12(17-8-18-13(11)19-14)16-7-10-6-15-5-4-9(10)2/h4-6,8H,3,7,14H2,1-2H3,(H2,16,17,18,19). The number of nitrogens with two attached hydrogens (primary N) is 1. The summed E-state index contributed by atoms with van der Waals surface area (Å²) in [6.07, 6.45) is 5.94. The summed E-state index contributed by atoms with van der Waals surface area (Å²) in [5, 5.41) is 3.31. The number of aromatic nitrogens is 3. The molecule has 0 aromatic carbocycles. The van der Waals surface area contributed by atoms with Crippen LogP contribution in [0.25, 0.3) is 0 Å². The Morgan fingerprint density at radius 3 is 2.74 bits per heavy atom. The van der Waals surface area contributed by atoms with E-state index in [2.05, 4.69) is 32.6 Å². The van der Waals surface area contributed by atoms with Gasteiger partial charge in [-0.05, 0) is 30.5 Å². The highest BCUT2D eigenvalue weighted by Gasteiger charge is 2.08. The molecule has 0 bridgehead atoms. The molecule has 2 aromatic heterocycles. The molecule has 19 heavy (non-hydrogen) atoms. The number of anilines is 2. The van der Waals surface area contributed by atoms with Gasteiger partial charge in [0.1, 0.15) is 18.0 Å². The summed E-state index contributed by atoms with van der Waals surface area (Å²) < 4.78 is 0. The van der Waals surface area contributed by atoms with Crippen LogP contribution in [0.3, 0.4) is 0 Å². The van der Waals surface area contributed by atoms with Crippen LogP contribution in [0.15, 0.2) is 24.8 Å². The number of hydrazine groups is 1. The molecular formula is C13H18N6. The van der Waals surface area contributed by atoms with E-state index in [-0.39, 0.29) is 0 Å². The number of aryl methyl sites for hydroxylation is 1. The van der Waals surface area contributed by atoms with Gasteiger partial charge in [0.25, 0.3) is 0 Å². The third-order valence-corrected chi connectivity index (χ3v) is 3.03. The van der Waals surface area contributed by atoms with E-state index in [1.165, 1.54) is 11.9 Å². The van der Waals surface area contributed by atoms with Gasteiger partial charge in [-0.25, -0.2) is 15.8 Å². The lowest BCUT2D eigenvalue weighted by molar-refractivity contribution is 0.995. The van der Waals surface area contributed by atoms with Crippen molar-refractivity contribution in [3.63, 3.8) is 0 Å². The second-order valence-corrected chi connectivity index (χ2v) is 4.20. The van der Waals surface area contributed by atoms with Gasteiger partial charge in [0.05, 0.1) is 0 Å². The van der Waals surface area contributed by atoms with Crippen LogP contribution in [0.2, 0.25) is 0 Å². The molecule has 0 atom stereocenters. The van der Waals surface area contributed by atoms with Crippen molar-refractivity contribution in [1.29, 1.82) is 0 Å². The molecule has 0 aliphatic carbocycles. The Kier molecular flexibility index (Phi) is 4.25. The second kappa shape index (κ2) is 6.10. The molecule has 100 valence electrons. The summed E-state index contributed by atoms with van der Waals surface area (Å²) >= 11 is 0. The molecule has 0 spiro atoms. The van der Waals surface area contributed by atoms with Crippen LogP contribution >= 0.6 is 0 Å². The fourth-order valence-corrected chi connectivity index (χ4v) is 1.88. The highest BCUT2D eigenvalue weighted by molar-refractivity contribution is 5.57. The van der Waals surface area contributed by atoms with Crippen LogP contribution in [0.4, 0.5) is 11.6 Å². The van der Waals surface area contributed by atoms with Crippen LogP contribution in [0, 0.1) is 6.92 Å². The number of rotatable bonds is 5. The molecule has 0 saturated carbocycles. The molecule has 0 saturated heterocycles. The molecule has 0 aliphatic heterocycles. The molecular weight excluding hydrogens is 240 g/mol. The molecule has 2 heterocycles. The zero-order chi connectivity index (χ0) is 13.7. The Hall–Kier alpha value is -2.21. The van der Waals surface area contributed by atoms with Crippen molar-refractivity contribution in [1.82, 2.24) is 15.0 Å². The Morgan fingerprint density at radius 1 is 1.26 bits per heavy atom.